The molecule has 0 aliphatic rings. The van der Waals surface area contributed by atoms with Crippen LogP contribution < -0.4 is 14.8 Å². The summed E-state index contributed by atoms with van der Waals surface area (Å²) in [5.41, 5.74) is 2.33. The van der Waals surface area contributed by atoms with E-state index in [-0.39, 0.29) is 25.0 Å². The first-order valence-electron chi connectivity index (χ1n) is 10.4. The summed E-state index contributed by atoms with van der Waals surface area (Å²) in [6.07, 6.45) is 1.84. The van der Waals surface area contributed by atoms with E-state index in [1.54, 1.807) is 25.7 Å². The second-order valence-electron chi connectivity index (χ2n) is 7.14. The molecule has 0 aliphatic heterocycles. The fourth-order valence-corrected chi connectivity index (χ4v) is 3.24. The summed E-state index contributed by atoms with van der Waals surface area (Å²) in [5, 5.41) is 2.83. The van der Waals surface area contributed by atoms with E-state index in [1.165, 1.54) is 12.0 Å². The number of likely N-dealkylation sites (N-methyl/N-ethyl adjacent to an activating group) is 1. The minimum Gasteiger partial charge on any atom is -0.497 e. The Balaban J connectivity index is 1.91. The molecule has 3 rings (SSSR count). The summed E-state index contributed by atoms with van der Waals surface area (Å²) < 4.78 is 17.1. The maximum Gasteiger partial charge on any atom is 0.249 e. The van der Waals surface area contributed by atoms with Gasteiger partial charge in [-0.3, -0.25) is 19.5 Å². The molecule has 0 radical (unpaired) electrons. The topological polar surface area (TPSA) is 94.9 Å². The number of anilines is 1. The molecule has 1 N–H and O–H groups in total. The van der Waals surface area contributed by atoms with Gasteiger partial charge in [-0.2, -0.15) is 0 Å². The predicted molar refractivity (Wildman–Crippen MR) is 125 cm³/mol. The highest BCUT2D eigenvalue weighted by atomic mass is 16.5. The van der Waals surface area contributed by atoms with E-state index in [9.17, 15) is 9.59 Å². The summed E-state index contributed by atoms with van der Waals surface area (Å²) in [6.45, 7) is 2.01. The number of nitrogens with one attached hydrogen (secondary N) is 1. The lowest BCUT2D eigenvalue weighted by molar-refractivity contribution is -0.137. The van der Waals surface area contributed by atoms with Crippen LogP contribution in [0.2, 0.25) is 0 Å². The highest BCUT2D eigenvalue weighted by Crippen LogP contribution is 2.27. The number of aromatic nitrogens is 2. The molecule has 174 valence electrons. The van der Waals surface area contributed by atoms with E-state index in [0.717, 1.165) is 22.7 Å². The molecule has 0 unspecified atom stereocenters. The largest absolute Gasteiger partial charge is 0.497 e. The van der Waals surface area contributed by atoms with Crippen molar-refractivity contribution in [2.45, 2.75) is 6.92 Å². The molecule has 3 aromatic rings. The van der Waals surface area contributed by atoms with Crippen LogP contribution >= 0.6 is 0 Å². The Morgan fingerprint density at radius 2 is 1.58 bits per heavy atom. The Kier molecular flexibility index (Phi) is 8.04. The molecule has 0 bridgehead atoms. The van der Waals surface area contributed by atoms with Gasteiger partial charge in [0.05, 0.1) is 19.9 Å². The molecule has 0 saturated carbocycles. The Bertz CT molecular complexity index is 1080. The van der Waals surface area contributed by atoms with Gasteiger partial charge in [0, 0.05) is 31.1 Å². The summed E-state index contributed by atoms with van der Waals surface area (Å²) in [7, 11) is 4.65. The Morgan fingerprint density at radius 1 is 0.970 bits per heavy atom. The molecular formula is C24H28N4O5. The zero-order valence-electron chi connectivity index (χ0n) is 19.2. The average molecular weight is 453 g/mol. The molecule has 1 aromatic heterocycles. The molecule has 9 nitrogen and oxygen atoms in total. The number of ether oxygens (including phenoxy) is 3. The van der Waals surface area contributed by atoms with Crippen molar-refractivity contribution in [2.24, 2.45) is 0 Å². The van der Waals surface area contributed by atoms with Gasteiger partial charge in [-0.05, 0) is 55.5 Å². The smallest absolute Gasteiger partial charge is 0.249 e. The zero-order valence-corrected chi connectivity index (χ0v) is 19.2. The molecule has 33 heavy (non-hydrogen) atoms. The first kappa shape index (κ1) is 23.8. The summed E-state index contributed by atoms with van der Waals surface area (Å²) in [5.74, 6) is 1.18. The van der Waals surface area contributed by atoms with Crippen molar-refractivity contribution in [2.75, 3.05) is 46.3 Å². The van der Waals surface area contributed by atoms with Crippen LogP contribution in [0, 0.1) is 0 Å². The number of rotatable bonds is 10. The maximum atomic E-state index is 12.8. The van der Waals surface area contributed by atoms with Gasteiger partial charge in [0.25, 0.3) is 0 Å². The van der Waals surface area contributed by atoms with Gasteiger partial charge in [-0.15, -0.1) is 0 Å². The molecule has 1 heterocycles. The summed E-state index contributed by atoms with van der Waals surface area (Å²) in [6, 6.07) is 14.9. The lowest BCUT2D eigenvalue weighted by Gasteiger charge is -2.19. The Labute approximate surface area is 192 Å². The lowest BCUT2D eigenvalue weighted by Crippen LogP contribution is -2.39. The van der Waals surface area contributed by atoms with Crippen molar-refractivity contribution >= 4 is 17.8 Å². The standard InChI is InChI=1S/C24H28N4O5/c1-5-27(23(30)16-31-2)15-22(29)26-24-25-21(17-6-10-19(32-3)11-7-17)14-28(24)18-8-12-20(33-4)13-9-18/h6-14H,5,15-16H2,1-4H3,(H,25,26,29). The maximum absolute atomic E-state index is 12.8. The van der Waals surface area contributed by atoms with Crippen molar-refractivity contribution in [1.29, 1.82) is 0 Å². The van der Waals surface area contributed by atoms with E-state index in [4.69, 9.17) is 14.2 Å². The SMILES string of the molecule is CCN(CC(=O)Nc1nc(-c2ccc(OC)cc2)cn1-c1ccc(OC)cc1)C(=O)COC. The third-order valence-corrected chi connectivity index (χ3v) is 5.03. The fourth-order valence-electron chi connectivity index (χ4n) is 3.24. The number of hydrogen-bond donors (Lipinski definition) is 1. The third-order valence-electron chi connectivity index (χ3n) is 5.03. The quantitative estimate of drug-likeness (QED) is 0.508. The molecule has 0 aliphatic carbocycles. The molecule has 0 saturated heterocycles. The van der Waals surface area contributed by atoms with Gasteiger partial charge >= 0.3 is 0 Å². The van der Waals surface area contributed by atoms with Crippen molar-refractivity contribution in [3.8, 4) is 28.4 Å². The molecular weight excluding hydrogens is 424 g/mol. The van der Waals surface area contributed by atoms with Crippen LogP contribution in [0.4, 0.5) is 5.95 Å². The van der Waals surface area contributed by atoms with Gasteiger partial charge in [-0.25, -0.2) is 4.98 Å². The van der Waals surface area contributed by atoms with Crippen LogP contribution in [-0.4, -0.2) is 67.3 Å². The van der Waals surface area contributed by atoms with E-state index in [0.29, 0.717) is 18.2 Å². The number of carbonyl (C=O) groups is 2. The second kappa shape index (κ2) is 11.1. The Morgan fingerprint density at radius 3 is 2.12 bits per heavy atom. The van der Waals surface area contributed by atoms with Crippen LogP contribution in [-0.2, 0) is 14.3 Å². The van der Waals surface area contributed by atoms with Crippen LogP contribution in [0.3, 0.4) is 0 Å². The van der Waals surface area contributed by atoms with E-state index >= 15 is 0 Å². The van der Waals surface area contributed by atoms with Crippen LogP contribution in [0.15, 0.2) is 54.7 Å². The van der Waals surface area contributed by atoms with Gasteiger partial charge in [0.15, 0.2) is 0 Å². The first-order chi connectivity index (χ1) is 16.0. The number of hydrogen-bond acceptors (Lipinski definition) is 6. The number of imidazole rings is 1. The van der Waals surface area contributed by atoms with Crippen LogP contribution in [0.25, 0.3) is 16.9 Å². The summed E-state index contributed by atoms with van der Waals surface area (Å²) >= 11 is 0. The molecule has 9 heteroatoms. The van der Waals surface area contributed by atoms with Gasteiger partial charge in [0.2, 0.25) is 17.8 Å². The van der Waals surface area contributed by atoms with Gasteiger partial charge in [0.1, 0.15) is 24.7 Å². The monoisotopic (exact) mass is 452 g/mol. The fraction of sp³-hybridized carbons (Fsp3) is 0.292. The first-order valence-corrected chi connectivity index (χ1v) is 10.4. The highest BCUT2D eigenvalue weighted by molar-refractivity contribution is 5.94. The van der Waals surface area contributed by atoms with Crippen molar-refractivity contribution < 1.29 is 23.8 Å². The van der Waals surface area contributed by atoms with Crippen LogP contribution in [0.1, 0.15) is 6.92 Å². The predicted octanol–water partition coefficient (Wildman–Crippen LogP) is 2.99. The number of nitrogens with zero attached hydrogens (tertiary/aromatic N) is 3. The number of amides is 2. The Hall–Kier alpha value is -3.85. The molecule has 0 fully saturated rings. The van der Waals surface area contributed by atoms with E-state index in [2.05, 4.69) is 10.3 Å². The average Bonchev–Trinajstić information content (AvgIpc) is 3.26. The number of benzene rings is 2. The second-order valence-corrected chi connectivity index (χ2v) is 7.14. The number of methoxy groups -OCH3 is 3. The molecule has 0 atom stereocenters. The van der Waals surface area contributed by atoms with E-state index in [1.807, 2.05) is 54.7 Å². The van der Waals surface area contributed by atoms with Crippen molar-refractivity contribution in [1.82, 2.24) is 14.5 Å². The highest BCUT2D eigenvalue weighted by Gasteiger charge is 2.18. The molecule has 2 aromatic carbocycles. The molecule has 0 spiro atoms. The normalized spacial score (nSPS) is 10.5. The van der Waals surface area contributed by atoms with Crippen molar-refractivity contribution in [3.05, 3.63) is 54.7 Å². The van der Waals surface area contributed by atoms with Crippen LogP contribution in [0.5, 0.6) is 11.5 Å². The zero-order chi connectivity index (χ0) is 23.8. The lowest BCUT2D eigenvalue weighted by atomic mass is 10.1. The summed E-state index contributed by atoms with van der Waals surface area (Å²) in [4.78, 5) is 31.0. The van der Waals surface area contributed by atoms with Gasteiger partial charge in [-0.1, -0.05) is 0 Å². The molecule has 2 amide bonds. The van der Waals surface area contributed by atoms with Crippen molar-refractivity contribution in [3.63, 3.8) is 0 Å². The minimum absolute atomic E-state index is 0.0801. The van der Waals surface area contributed by atoms with E-state index < -0.39 is 0 Å². The minimum atomic E-state index is -0.358. The number of carbonyl (C=O) groups excluding carboxylic acids is 2. The third kappa shape index (κ3) is 5.89. The van der Waals surface area contributed by atoms with Gasteiger partial charge < -0.3 is 19.1 Å².